The summed E-state index contributed by atoms with van der Waals surface area (Å²) in [6.45, 7) is 0. The van der Waals surface area contributed by atoms with Crippen LogP contribution in [0, 0.1) is 5.92 Å². The predicted molar refractivity (Wildman–Crippen MR) is 61.8 cm³/mol. The van der Waals surface area contributed by atoms with Crippen molar-refractivity contribution in [3.8, 4) is 0 Å². The first-order valence-corrected chi connectivity index (χ1v) is 6.28. The Kier molecular flexibility index (Phi) is 3.44. The monoisotopic (exact) mass is 222 g/mol. The zero-order valence-corrected chi connectivity index (χ0v) is 9.24. The van der Waals surface area contributed by atoms with Gasteiger partial charge in [0.2, 0.25) is 0 Å². The van der Waals surface area contributed by atoms with Gasteiger partial charge in [-0.1, -0.05) is 30.3 Å². The molecule has 1 fully saturated rings. The number of hydrogen-bond acceptors (Lipinski definition) is 3. The number of rotatable bonds is 2. The van der Waals surface area contributed by atoms with Crippen molar-refractivity contribution >= 4 is 17.5 Å². The number of benzene rings is 1. The van der Waals surface area contributed by atoms with Crippen LogP contribution in [-0.4, -0.2) is 22.4 Å². The molecular formula is C12H14O2S. The van der Waals surface area contributed by atoms with Crippen molar-refractivity contribution in [1.29, 1.82) is 0 Å². The Balaban J connectivity index is 2.13. The Morgan fingerprint density at radius 1 is 1.33 bits per heavy atom. The van der Waals surface area contributed by atoms with Gasteiger partial charge in [-0.25, -0.2) is 0 Å². The van der Waals surface area contributed by atoms with Gasteiger partial charge in [0.15, 0.2) is 0 Å². The van der Waals surface area contributed by atoms with Gasteiger partial charge in [-0.3, -0.25) is 4.79 Å². The van der Waals surface area contributed by atoms with E-state index in [9.17, 15) is 9.90 Å². The molecule has 1 heterocycles. The van der Waals surface area contributed by atoms with Gasteiger partial charge in [-0.05, 0) is 5.56 Å². The van der Waals surface area contributed by atoms with E-state index in [1.165, 1.54) is 0 Å². The lowest BCUT2D eigenvalue weighted by atomic mass is 9.92. The SMILES string of the molecule is O=C1CCSC[C@H]1[C@@H](O)c1ccccc1. The normalized spacial score (nSPS) is 23.8. The van der Waals surface area contributed by atoms with Crippen LogP contribution >= 0.6 is 11.8 Å². The maximum absolute atomic E-state index is 11.6. The molecule has 15 heavy (non-hydrogen) atoms. The van der Waals surface area contributed by atoms with E-state index in [0.717, 1.165) is 17.1 Å². The highest BCUT2D eigenvalue weighted by Gasteiger charge is 2.30. The fourth-order valence-corrected chi connectivity index (χ4v) is 2.95. The van der Waals surface area contributed by atoms with Crippen molar-refractivity contribution in [2.45, 2.75) is 12.5 Å². The molecule has 0 amide bonds. The van der Waals surface area contributed by atoms with Crippen molar-refractivity contribution in [3.05, 3.63) is 35.9 Å². The molecule has 0 aliphatic carbocycles. The number of Topliss-reactive ketones (excluding diaryl/α,β-unsaturated/α-hetero) is 1. The lowest BCUT2D eigenvalue weighted by Gasteiger charge is -2.25. The van der Waals surface area contributed by atoms with Crippen molar-refractivity contribution in [2.24, 2.45) is 5.92 Å². The molecule has 80 valence electrons. The molecule has 3 heteroatoms. The molecule has 0 bridgehead atoms. The Morgan fingerprint density at radius 2 is 2.07 bits per heavy atom. The Hall–Kier alpha value is -0.800. The van der Waals surface area contributed by atoms with Crippen molar-refractivity contribution in [1.82, 2.24) is 0 Å². The number of ketones is 1. The first kappa shape index (κ1) is 10.7. The highest BCUT2D eigenvalue weighted by atomic mass is 32.2. The summed E-state index contributed by atoms with van der Waals surface area (Å²) in [4.78, 5) is 11.6. The van der Waals surface area contributed by atoms with Crippen LogP contribution < -0.4 is 0 Å². The van der Waals surface area contributed by atoms with Crippen LogP contribution in [0.4, 0.5) is 0 Å². The third-order valence-corrected chi connectivity index (χ3v) is 3.81. The van der Waals surface area contributed by atoms with Gasteiger partial charge in [0.25, 0.3) is 0 Å². The summed E-state index contributed by atoms with van der Waals surface area (Å²) in [6, 6.07) is 9.43. The summed E-state index contributed by atoms with van der Waals surface area (Å²) in [7, 11) is 0. The van der Waals surface area contributed by atoms with E-state index in [1.54, 1.807) is 11.8 Å². The number of hydrogen-bond donors (Lipinski definition) is 1. The van der Waals surface area contributed by atoms with Crippen LogP contribution in [0.15, 0.2) is 30.3 Å². The smallest absolute Gasteiger partial charge is 0.140 e. The molecule has 1 aliphatic rings. The highest BCUT2D eigenvalue weighted by molar-refractivity contribution is 7.99. The standard InChI is InChI=1S/C12H14O2S/c13-11-6-7-15-8-10(11)12(14)9-4-2-1-3-5-9/h1-5,10,12,14H,6-8H2/t10-,12+/m1/s1. The van der Waals surface area contributed by atoms with Gasteiger partial charge in [0.1, 0.15) is 5.78 Å². The first-order chi connectivity index (χ1) is 7.29. The van der Waals surface area contributed by atoms with E-state index in [0.29, 0.717) is 6.42 Å². The predicted octanol–water partition coefficient (Wildman–Crippen LogP) is 2.04. The third-order valence-electron chi connectivity index (χ3n) is 2.73. The average Bonchev–Trinajstić information content (AvgIpc) is 2.30. The Labute approximate surface area is 93.7 Å². The van der Waals surface area contributed by atoms with E-state index in [-0.39, 0.29) is 11.7 Å². The van der Waals surface area contributed by atoms with Crippen LogP contribution in [0.1, 0.15) is 18.1 Å². The van der Waals surface area contributed by atoms with E-state index in [1.807, 2.05) is 30.3 Å². The zero-order valence-electron chi connectivity index (χ0n) is 8.43. The summed E-state index contributed by atoms with van der Waals surface area (Å²) < 4.78 is 0. The van der Waals surface area contributed by atoms with Crippen LogP contribution in [0.2, 0.25) is 0 Å². The molecule has 0 spiro atoms. The second-order valence-corrected chi connectivity index (χ2v) is 4.90. The average molecular weight is 222 g/mol. The summed E-state index contributed by atoms with van der Waals surface area (Å²) in [5, 5.41) is 10.1. The molecule has 1 N–H and O–H groups in total. The number of aliphatic hydroxyl groups excluding tert-OH is 1. The molecule has 2 atom stereocenters. The summed E-state index contributed by atoms with van der Waals surface area (Å²) in [6.07, 6.45) is -0.0364. The van der Waals surface area contributed by atoms with Gasteiger partial charge in [0, 0.05) is 17.9 Å². The fourth-order valence-electron chi connectivity index (χ4n) is 1.81. The summed E-state index contributed by atoms with van der Waals surface area (Å²) >= 11 is 1.75. The number of carbonyl (C=O) groups is 1. The number of aliphatic hydroxyl groups is 1. The maximum Gasteiger partial charge on any atom is 0.140 e. The second-order valence-electron chi connectivity index (χ2n) is 3.75. The fraction of sp³-hybridized carbons (Fsp3) is 0.417. The maximum atomic E-state index is 11.6. The van der Waals surface area contributed by atoms with Crippen molar-refractivity contribution in [3.63, 3.8) is 0 Å². The van der Waals surface area contributed by atoms with Gasteiger partial charge in [0.05, 0.1) is 12.0 Å². The summed E-state index contributed by atoms with van der Waals surface area (Å²) in [5.41, 5.74) is 0.846. The van der Waals surface area contributed by atoms with E-state index >= 15 is 0 Å². The van der Waals surface area contributed by atoms with Crippen LogP contribution in [0.25, 0.3) is 0 Å². The van der Waals surface area contributed by atoms with Crippen LogP contribution in [0.5, 0.6) is 0 Å². The number of carbonyl (C=O) groups excluding carboxylic acids is 1. The third kappa shape index (κ3) is 2.41. The van der Waals surface area contributed by atoms with Gasteiger partial charge >= 0.3 is 0 Å². The molecule has 2 nitrogen and oxygen atoms in total. The second kappa shape index (κ2) is 4.81. The lowest BCUT2D eigenvalue weighted by Crippen LogP contribution is -2.28. The first-order valence-electron chi connectivity index (χ1n) is 5.12. The molecule has 1 aromatic rings. The summed E-state index contributed by atoms with van der Waals surface area (Å²) in [5.74, 6) is 1.63. The van der Waals surface area contributed by atoms with Gasteiger partial charge in [-0.2, -0.15) is 11.8 Å². The molecule has 0 saturated carbocycles. The Morgan fingerprint density at radius 3 is 2.73 bits per heavy atom. The van der Waals surface area contributed by atoms with Gasteiger partial charge in [-0.15, -0.1) is 0 Å². The molecule has 2 rings (SSSR count). The van der Waals surface area contributed by atoms with E-state index in [4.69, 9.17) is 0 Å². The minimum absolute atomic E-state index is 0.199. The molecular weight excluding hydrogens is 208 g/mol. The van der Waals surface area contributed by atoms with E-state index in [2.05, 4.69) is 0 Å². The van der Waals surface area contributed by atoms with E-state index < -0.39 is 6.10 Å². The lowest BCUT2D eigenvalue weighted by molar-refractivity contribution is -0.125. The highest BCUT2D eigenvalue weighted by Crippen LogP contribution is 2.30. The topological polar surface area (TPSA) is 37.3 Å². The molecule has 0 radical (unpaired) electrons. The van der Waals surface area contributed by atoms with Crippen molar-refractivity contribution in [2.75, 3.05) is 11.5 Å². The van der Waals surface area contributed by atoms with Crippen LogP contribution in [0.3, 0.4) is 0 Å². The Bertz CT molecular complexity index is 337. The van der Waals surface area contributed by atoms with Gasteiger partial charge < -0.3 is 5.11 Å². The molecule has 1 saturated heterocycles. The van der Waals surface area contributed by atoms with Crippen molar-refractivity contribution < 1.29 is 9.90 Å². The minimum atomic E-state index is -0.633. The largest absolute Gasteiger partial charge is 0.388 e. The quantitative estimate of drug-likeness (QED) is 0.832. The molecule has 0 aromatic heterocycles. The molecule has 0 unspecified atom stereocenters. The molecule has 1 aromatic carbocycles. The minimum Gasteiger partial charge on any atom is -0.388 e. The number of thioether (sulfide) groups is 1. The van der Waals surface area contributed by atoms with Crippen LogP contribution in [-0.2, 0) is 4.79 Å². The zero-order chi connectivity index (χ0) is 10.7. The molecule has 1 aliphatic heterocycles.